The van der Waals surface area contributed by atoms with Gasteiger partial charge in [0.25, 0.3) is 0 Å². The molecule has 0 aromatic carbocycles. The highest BCUT2D eigenvalue weighted by Gasteiger charge is 2.56. The lowest BCUT2D eigenvalue weighted by Crippen LogP contribution is -2.78. The molecule has 0 spiro atoms. The molecule has 28 heavy (non-hydrogen) atoms. The van der Waals surface area contributed by atoms with Crippen molar-refractivity contribution in [3.8, 4) is 0 Å². The van der Waals surface area contributed by atoms with Gasteiger partial charge in [0, 0.05) is 34.2 Å². The van der Waals surface area contributed by atoms with Crippen LogP contribution in [0.15, 0.2) is 0 Å². The Bertz CT molecular complexity index is 481. The summed E-state index contributed by atoms with van der Waals surface area (Å²) in [4.78, 5) is 5.59. The minimum absolute atomic E-state index is 0.0354. The van der Waals surface area contributed by atoms with Crippen LogP contribution >= 0.6 is 0 Å². The van der Waals surface area contributed by atoms with Crippen LogP contribution in [0.1, 0.15) is 114 Å². The van der Waals surface area contributed by atoms with Gasteiger partial charge in [-0.05, 0) is 87.5 Å². The Hall–Kier alpha value is -0.160. The summed E-state index contributed by atoms with van der Waals surface area (Å²) in [5.74, 6) is 0. The first-order valence-electron chi connectivity index (χ1n) is 11.8. The fourth-order valence-electron chi connectivity index (χ4n) is 6.41. The van der Waals surface area contributed by atoms with Crippen LogP contribution in [-0.2, 0) is 0 Å². The Balaban J connectivity index is 2.56. The molecule has 0 aromatic heterocycles. The Morgan fingerprint density at radius 1 is 0.750 bits per heavy atom. The molecular weight excluding hydrogens is 344 g/mol. The second-order valence-corrected chi connectivity index (χ2v) is 11.9. The normalized spacial score (nSPS) is 33.5. The minimum Gasteiger partial charge on any atom is -0.326 e. The van der Waals surface area contributed by atoms with Crippen molar-refractivity contribution >= 4 is 0 Å². The number of likely N-dealkylation sites (tertiary alicyclic amines) is 2. The minimum atomic E-state index is -0.0354. The van der Waals surface area contributed by atoms with E-state index in [-0.39, 0.29) is 34.2 Å². The molecular formula is C24H50N4. The second-order valence-electron chi connectivity index (χ2n) is 11.9. The van der Waals surface area contributed by atoms with Gasteiger partial charge < -0.3 is 11.5 Å². The molecule has 2 aliphatic rings. The lowest BCUT2D eigenvalue weighted by atomic mass is 9.72. The fourth-order valence-corrected chi connectivity index (χ4v) is 6.41. The van der Waals surface area contributed by atoms with Gasteiger partial charge in [-0.25, -0.2) is 0 Å². The standard InChI is InChI=1S/C24H50N4/c1-10-11-12-13-20(27-21(2,3)16-14-18(25)23(27,6)7)28-22(4,5)17-15-19(26)24(28,8)9/h18-20H,10-17,25-26H2,1-9H3. The third-order valence-electron chi connectivity index (χ3n) is 8.16. The van der Waals surface area contributed by atoms with Crippen molar-refractivity contribution in [3.63, 3.8) is 0 Å². The molecule has 0 saturated carbocycles. The van der Waals surface area contributed by atoms with Gasteiger partial charge in [-0.1, -0.05) is 26.2 Å². The maximum absolute atomic E-state index is 6.72. The fraction of sp³-hybridized carbons (Fsp3) is 1.00. The van der Waals surface area contributed by atoms with E-state index in [0.29, 0.717) is 6.17 Å². The number of hydrogen-bond donors (Lipinski definition) is 2. The van der Waals surface area contributed by atoms with Crippen LogP contribution in [0, 0.1) is 0 Å². The van der Waals surface area contributed by atoms with Crippen LogP contribution < -0.4 is 11.5 Å². The molecule has 2 saturated heterocycles. The van der Waals surface area contributed by atoms with Gasteiger partial charge in [0.2, 0.25) is 0 Å². The Morgan fingerprint density at radius 3 is 1.50 bits per heavy atom. The van der Waals surface area contributed by atoms with Gasteiger partial charge in [0.15, 0.2) is 0 Å². The van der Waals surface area contributed by atoms with Crippen LogP contribution in [0.4, 0.5) is 0 Å². The van der Waals surface area contributed by atoms with Crippen LogP contribution in [0.3, 0.4) is 0 Å². The van der Waals surface area contributed by atoms with E-state index in [2.05, 4.69) is 72.1 Å². The van der Waals surface area contributed by atoms with Crippen LogP contribution in [0.5, 0.6) is 0 Å². The lowest BCUT2D eigenvalue weighted by Gasteiger charge is -2.66. The average Bonchev–Trinajstić information content (AvgIpc) is 2.54. The van der Waals surface area contributed by atoms with E-state index in [1.165, 1.54) is 25.7 Å². The Kier molecular flexibility index (Phi) is 7.03. The lowest BCUT2D eigenvalue weighted by molar-refractivity contribution is -0.187. The second kappa shape index (κ2) is 8.17. The van der Waals surface area contributed by atoms with Gasteiger partial charge in [-0.15, -0.1) is 0 Å². The zero-order valence-corrected chi connectivity index (χ0v) is 20.4. The molecule has 4 heteroatoms. The van der Waals surface area contributed by atoms with E-state index < -0.39 is 0 Å². The summed E-state index contributed by atoms with van der Waals surface area (Å²) in [7, 11) is 0. The van der Waals surface area contributed by atoms with Gasteiger partial charge in [0.1, 0.15) is 0 Å². The van der Waals surface area contributed by atoms with Crippen molar-refractivity contribution < 1.29 is 0 Å². The average molecular weight is 395 g/mol. The highest BCUT2D eigenvalue weighted by molar-refractivity contribution is 5.11. The quantitative estimate of drug-likeness (QED) is 0.632. The molecule has 2 rings (SSSR count). The zero-order valence-electron chi connectivity index (χ0n) is 20.4. The molecule has 2 atom stereocenters. The SMILES string of the molecule is CCCCCC(N1C(C)(C)CCC(N)C1(C)C)N1C(C)(C)CCC(N)C1(C)C. The molecule has 2 aliphatic heterocycles. The van der Waals surface area contributed by atoms with Crippen LogP contribution in [0.2, 0.25) is 0 Å². The van der Waals surface area contributed by atoms with Gasteiger partial charge in [0.05, 0.1) is 6.17 Å². The monoisotopic (exact) mass is 394 g/mol. The van der Waals surface area contributed by atoms with E-state index >= 15 is 0 Å². The van der Waals surface area contributed by atoms with Crippen molar-refractivity contribution in [1.82, 2.24) is 9.80 Å². The highest BCUT2D eigenvalue weighted by Crippen LogP contribution is 2.47. The molecule has 0 amide bonds. The van der Waals surface area contributed by atoms with E-state index in [0.717, 1.165) is 25.7 Å². The van der Waals surface area contributed by atoms with Crippen molar-refractivity contribution in [2.45, 2.75) is 154 Å². The maximum atomic E-state index is 6.72. The Morgan fingerprint density at radius 2 is 1.14 bits per heavy atom. The van der Waals surface area contributed by atoms with Crippen LogP contribution in [-0.4, -0.2) is 50.2 Å². The predicted molar refractivity (Wildman–Crippen MR) is 122 cm³/mol. The molecule has 0 aliphatic carbocycles. The summed E-state index contributed by atoms with van der Waals surface area (Å²) < 4.78 is 0. The third kappa shape index (κ3) is 4.31. The molecule has 2 unspecified atom stereocenters. The number of nitrogens with two attached hydrogens (primary N) is 2. The van der Waals surface area contributed by atoms with Crippen molar-refractivity contribution in [2.75, 3.05) is 0 Å². The molecule has 0 bridgehead atoms. The molecule has 166 valence electrons. The summed E-state index contributed by atoms with van der Waals surface area (Å²) >= 11 is 0. The molecule has 0 aromatic rings. The largest absolute Gasteiger partial charge is 0.326 e. The van der Waals surface area contributed by atoms with Gasteiger partial charge in [-0.2, -0.15) is 0 Å². The summed E-state index contributed by atoms with van der Waals surface area (Å²) in [6, 6.07) is 0.415. The first-order chi connectivity index (χ1) is 12.7. The van der Waals surface area contributed by atoms with Crippen molar-refractivity contribution in [1.29, 1.82) is 0 Å². The topological polar surface area (TPSA) is 58.5 Å². The molecule has 2 fully saturated rings. The molecule has 4 N–H and O–H groups in total. The Labute approximate surface area is 175 Å². The molecule has 4 nitrogen and oxygen atoms in total. The van der Waals surface area contributed by atoms with E-state index in [1.807, 2.05) is 0 Å². The number of nitrogens with zero attached hydrogens (tertiary/aromatic N) is 2. The smallest absolute Gasteiger partial charge is 0.0642 e. The molecule has 0 radical (unpaired) electrons. The number of piperidine rings is 2. The number of hydrogen-bond acceptors (Lipinski definition) is 4. The summed E-state index contributed by atoms with van der Waals surface area (Å²) in [6.45, 7) is 21.5. The maximum Gasteiger partial charge on any atom is 0.0642 e. The van der Waals surface area contributed by atoms with Gasteiger partial charge in [-0.3, -0.25) is 9.80 Å². The number of rotatable bonds is 6. The van der Waals surface area contributed by atoms with E-state index in [9.17, 15) is 0 Å². The first-order valence-corrected chi connectivity index (χ1v) is 11.8. The summed E-state index contributed by atoms with van der Waals surface area (Å²) in [6.07, 6.45) is 9.87. The van der Waals surface area contributed by atoms with E-state index in [1.54, 1.807) is 0 Å². The van der Waals surface area contributed by atoms with E-state index in [4.69, 9.17) is 11.5 Å². The summed E-state index contributed by atoms with van der Waals surface area (Å²) in [5.41, 5.74) is 13.6. The first kappa shape index (κ1) is 24.1. The van der Waals surface area contributed by atoms with Crippen molar-refractivity contribution in [3.05, 3.63) is 0 Å². The molecule has 2 heterocycles. The van der Waals surface area contributed by atoms with Crippen LogP contribution in [0.25, 0.3) is 0 Å². The van der Waals surface area contributed by atoms with Crippen molar-refractivity contribution in [2.24, 2.45) is 11.5 Å². The highest BCUT2D eigenvalue weighted by atomic mass is 15.5. The predicted octanol–water partition coefficient (Wildman–Crippen LogP) is 4.85. The number of unbranched alkanes of at least 4 members (excludes halogenated alkanes) is 2. The van der Waals surface area contributed by atoms with Gasteiger partial charge >= 0.3 is 0 Å². The summed E-state index contributed by atoms with van der Waals surface area (Å²) in [5, 5.41) is 0. The third-order valence-corrected chi connectivity index (χ3v) is 8.16. The zero-order chi connectivity index (χ0) is 21.5.